The Balaban J connectivity index is 1.50. The van der Waals surface area contributed by atoms with Crippen LogP contribution in [0, 0.1) is 0 Å². The quantitative estimate of drug-likeness (QED) is 0.408. The molecule has 27 heavy (non-hydrogen) atoms. The van der Waals surface area contributed by atoms with Crippen LogP contribution in [0.2, 0.25) is 10.9 Å². The molecule has 0 saturated carbocycles. The fraction of sp³-hybridized carbons (Fsp3) is 0.211. The summed E-state index contributed by atoms with van der Waals surface area (Å²) in [4.78, 5) is 19.3. The number of rotatable bonds is 7. The van der Waals surface area contributed by atoms with E-state index in [1.165, 1.54) is 11.3 Å². The normalized spacial score (nSPS) is 12.5. The predicted molar refractivity (Wildman–Crippen MR) is 106 cm³/mol. The number of aromatic nitrogens is 2. The molecule has 138 valence electrons. The van der Waals surface area contributed by atoms with Gasteiger partial charge in [0.2, 0.25) is 0 Å². The van der Waals surface area contributed by atoms with Gasteiger partial charge in [-0.3, -0.25) is 0 Å². The second-order valence-corrected chi connectivity index (χ2v) is 12.4. The summed E-state index contributed by atoms with van der Waals surface area (Å²) in [7, 11) is 0. The Morgan fingerprint density at radius 2 is 2.26 bits per heavy atom. The van der Waals surface area contributed by atoms with E-state index in [9.17, 15) is 4.79 Å². The molecule has 0 saturated heterocycles. The number of hydrogen-bond acceptors (Lipinski definition) is 6. The minimum atomic E-state index is -1.20. The van der Waals surface area contributed by atoms with Crippen LogP contribution in [0.5, 0.6) is 10.9 Å². The molecule has 0 bridgehead atoms. The van der Waals surface area contributed by atoms with Crippen molar-refractivity contribution in [3.05, 3.63) is 48.4 Å². The molecule has 1 aromatic carbocycles. The number of pyridine rings is 1. The van der Waals surface area contributed by atoms with Crippen LogP contribution < -0.4 is 4.74 Å². The zero-order valence-corrected chi connectivity index (χ0v) is 17.3. The molecule has 0 spiro atoms. The number of furan rings is 1. The van der Waals surface area contributed by atoms with E-state index in [-0.39, 0.29) is 6.42 Å². The van der Waals surface area contributed by atoms with Crippen molar-refractivity contribution in [3.63, 3.8) is 0 Å². The molecule has 0 radical (unpaired) electrons. The number of ether oxygens (including phenoxy) is 1. The second-order valence-electron chi connectivity index (χ2n) is 6.21. The van der Waals surface area contributed by atoms with Gasteiger partial charge >= 0.3 is 164 Å². The molecule has 0 aliphatic carbocycles. The van der Waals surface area contributed by atoms with E-state index in [1.807, 2.05) is 30.3 Å². The maximum absolute atomic E-state index is 10.7. The number of aliphatic carboxylic acids is 1. The number of carboxylic acid groups (broad SMARTS) is 1. The van der Waals surface area contributed by atoms with Gasteiger partial charge in [-0.2, -0.15) is 0 Å². The van der Waals surface area contributed by atoms with Gasteiger partial charge in [-0.05, 0) is 0 Å². The van der Waals surface area contributed by atoms with Gasteiger partial charge < -0.3 is 0 Å². The third-order valence-electron chi connectivity index (χ3n) is 4.13. The third kappa shape index (κ3) is 4.15. The Morgan fingerprint density at radius 3 is 3.07 bits per heavy atom. The number of fused-ring (bicyclic) bond motifs is 2. The molecule has 3 heterocycles. The Bertz CT molecular complexity index is 1070. The Labute approximate surface area is 164 Å². The topological polar surface area (TPSA) is 85.5 Å². The van der Waals surface area contributed by atoms with Crippen molar-refractivity contribution < 1.29 is 19.1 Å². The molecule has 4 aromatic rings. The molecule has 6 nitrogen and oxygen atoms in total. The van der Waals surface area contributed by atoms with Crippen LogP contribution >= 0.6 is 11.3 Å². The van der Waals surface area contributed by atoms with Gasteiger partial charge in [0.1, 0.15) is 0 Å². The number of nitrogens with zero attached hydrogens (tertiary/aromatic N) is 2. The van der Waals surface area contributed by atoms with E-state index >= 15 is 0 Å². The van der Waals surface area contributed by atoms with Gasteiger partial charge in [-0.25, -0.2) is 0 Å². The van der Waals surface area contributed by atoms with Crippen molar-refractivity contribution in [2.75, 3.05) is 0 Å². The predicted octanol–water partition coefficient (Wildman–Crippen LogP) is 4.91. The molecule has 0 aliphatic heterocycles. The van der Waals surface area contributed by atoms with Crippen LogP contribution in [0.15, 0.2) is 47.2 Å². The van der Waals surface area contributed by atoms with Crippen molar-refractivity contribution >= 4 is 53.3 Å². The monoisotopic (exact) mass is 444 g/mol. The van der Waals surface area contributed by atoms with Crippen molar-refractivity contribution in [2.45, 2.75) is 22.5 Å². The van der Waals surface area contributed by atoms with Crippen LogP contribution in [0.1, 0.15) is 12.0 Å². The molecule has 8 heteroatoms. The molecular formula is C19H17AsN2O4S. The second kappa shape index (κ2) is 7.70. The Kier molecular flexibility index (Phi) is 5.14. The zero-order chi connectivity index (χ0) is 18.8. The Morgan fingerprint density at radius 1 is 1.37 bits per heavy atom. The van der Waals surface area contributed by atoms with Crippen molar-refractivity contribution in [1.82, 2.24) is 9.97 Å². The number of hydrogen-bond donors (Lipinski definition) is 1. The average molecular weight is 444 g/mol. The average Bonchev–Trinajstić information content (AvgIpc) is 3.23. The van der Waals surface area contributed by atoms with E-state index in [0.29, 0.717) is 16.6 Å². The van der Waals surface area contributed by atoms with Crippen molar-refractivity contribution in [1.29, 1.82) is 0 Å². The molecule has 0 aliphatic rings. The summed E-state index contributed by atoms with van der Waals surface area (Å²) < 4.78 is 12.6. The number of benzene rings is 1. The van der Waals surface area contributed by atoms with Crippen molar-refractivity contribution in [2.24, 2.45) is 0 Å². The van der Waals surface area contributed by atoms with Crippen molar-refractivity contribution in [3.8, 4) is 10.9 Å². The molecule has 1 unspecified atom stereocenters. The van der Waals surface area contributed by atoms with E-state index in [4.69, 9.17) is 14.3 Å². The summed E-state index contributed by atoms with van der Waals surface area (Å²) >= 11 is 0.248. The van der Waals surface area contributed by atoms with Crippen LogP contribution in [0.4, 0.5) is 0 Å². The first-order valence-electron chi connectivity index (χ1n) is 8.38. The minimum absolute atomic E-state index is 0.251. The third-order valence-corrected chi connectivity index (χ3v) is 8.93. The van der Waals surface area contributed by atoms with E-state index in [1.54, 1.807) is 12.5 Å². The molecule has 0 fully saturated rings. The summed E-state index contributed by atoms with van der Waals surface area (Å²) in [5, 5.41) is 12.2. The van der Waals surface area contributed by atoms with Gasteiger partial charge in [0, 0.05) is 0 Å². The summed E-state index contributed by atoms with van der Waals surface area (Å²) in [6, 6.07) is 9.61. The summed E-state index contributed by atoms with van der Waals surface area (Å²) in [5.41, 5.74) is 4.79. The standard InChI is InChI=1S/C19H17AsN2O4S/c1-20(7-6-17(23)24)10-12-11-25-15-9-13(4-5-14(12)15)26-19-22-18-16(27-19)3-2-8-21-18/h2-5,8-9,11H,6-7,10H2,1H3,(H,23,24). The first-order valence-corrected chi connectivity index (χ1v) is 13.7. The summed E-state index contributed by atoms with van der Waals surface area (Å²) in [6.45, 7) is 0. The van der Waals surface area contributed by atoms with Gasteiger partial charge in [0.15, 0.2) is 0 Å². The van der Waals surface area contributed by atoms with Gasteiger partial charge in [-0.1, -0.05) is 0 Å². The molecule has 0 amide bonds. The van der Waals surface area contributed by atoms with Gasteiger partial charge in [-0.15, -0.1) is 0 Å². The first kappa shape index (κ1) is 18.0. The fourth-order valence-corrected chi connectivity index (χ4v) is 6.86. The van der Waals surface area contributed by atoms with E-state index < -0.39 is 20.6 Å². The van der Waals surface area contributed by atoms with Crippen LogP contribution in [0.3, 0.4) is 0 Å². The van der Waals surface area contributed by atoms with E-state index in [0.717, 1.165) is 31.6 Å². The van der Waals surface area contributed by atoms with Gasteiger partial charge in [0.25, 0.3) is 0 Å². The number of thiazole rings is 1. The van der Waals surface area contributed by atoms with E-state index in [2.05, 4.69) is 15.7 Å². The maximum atomic E-state index is 10.7. The molecular weight excluding hydrogens is 427 g/mol. The summed E-state index contributed by atoms with van der Waals surface area (Å²) in [5.74, 6) is -0.0562. The molecule has 1 N–H and O–H groups in total. The molecule has 1 atom stereocenters. The zero-order valence-electron chi connectivity index (χ0n) is 14.6. The molecule has 4 rings (SSSR count). The Hall–Kier alpha value is -2.37. The van der Waals surface area contributed by atoms with Gasteiger partial charge in [0.05, 0.1) is 0 Å². The molecule has 3 aromatic heterocycles. The van der Waals surface area contributed by atoms with Crippen LogP contribution in [0.25, 0.3) is 21.3 Å². The number of carboxylic acids is 1. The van der Waals surface area contributed by atoms with Crippen LogP contribution in [-0.2, 0) is 10.0 Å². The SMILES string of the molecule is C[As](CCC(=O)O)Cc1coc2cc(Oc3nc4ncccc4s3)ccc12. The van der Waals surface area contributed by atoms with Crippen LogP contribution in [-0.4, -0.2) is 35.7 Å². The number of carbonyl (C=O) groups is 1. The fourth-order valence-electron chi connectivity index (χ4n) is 2.80. The first-order chi connectivity index (χ1) is 13.1. The summed E-state index contributed by atoms with van der Waals surface area (Å²) in [6.07, 6.45) is 3.74.